The number of non-ortho nitro benzene ring substituents is 1. The van der Waals surface area contributed by atoms with E-state index >= 15 is 0 Å². The Balaban J connectivity index is 2.17. The fraction of sp³-hybridized carbons (Fsp3) is 0.500. The summed E-state index contributed by atoms with van der Waals surface area (Å²) < 4.78 is 10.4. The van der Waals surface area contributed by atoms with Crippen LogP contribution in [0.25, 0.3) is 0 Å². The van der Waals surface area contributed by atoms with Crippen LogP contribution in [-0.2, 0) is 4.74 Å². The van der Waals surface area contributed by atoms with Gasteiger partial charge in [-0.3, -0.25) is 10.1 Å². The van der Waals surface area contributed by atoms with Gasteiger partial charge in [-0.05, 0) is 6.07 Å². The van der Waals surface area contributed by atoms with Gasteiger partial charge in [-0.15, -0.1) is 0 Å². The van der Waals surface area contributed by atoms with Gasteiger partial charge in [0.2, 0.25) is 6.29 Å². The molecule has 1 heterocycles. The summed E-state index contributed by atoms with van der Waals surface area (Å²) in [4.78, 5) is 9.98. The van der Waals surface area contributed by atoms with Crippen molar-refractivity contribution in [1.29, 1.82) is 0 Å². The maximum atomic E-state index is 10.6. The number of benzene rings is 1. The Morgan fingerprint density at radius 1 is 1.27 bits per heavy atom. The zero-order valence-electron chi connectivity index (χ0n) is 11.1. The number of hydrogen-bond donors (Lipinski definition) is 4. The molecule has 5 atom stereocenters. The monoisotopic (exact) mass is 335 g/mol. The van der Waals surface area contributed by atoms with E-state index in [1.165, 1.54) is 6.07 Å². The predicted octanol–water partition coefficient (Wildman–Crippen LogP) is -0.573. The van der Waals surface area contributed by atoms with E-state index in [2.05, 4.69) is 0 Å². The molecule has 1 aromatic carbocycles. The zero-order chi connectivity index (χ0) is 16.4. The van der Waals surface area contributed by atoms with E-state index in [4.69, 9.17) is 26.2 Å². The van der Waals surface area contributed by atoms with Gasteiger partial charge >= 0.3 is 0 Å². The predicted molar refractivity (Wildman–Crippen MR) is 72.5 cm³/mol. The van der Waals surface area contributed by atoms with Crippen LogP contribution < -0.4 is 4.74 Å². The lowest BCUT2D eigenvalue weighted by Gasteiger charge is -2.39. The first kappa shape index (κ1) is 16.9. The van der Waals surface area contributed by atoms with Crippen LogP contribution in [0.2, 0.25) is 5.02 Å². The molecule has 0 bridgehead atoms. The molecule has 2 rings (SSSR count). The first-order valence-corrected chi connectivity index (χ1v) is 6.64. The number of ether oxygens (including phenoxy) is 2. The number of aliphatic hydroxyl groups is 4. The molecule has 4 N–H and O–H groups in total. The highest BCUT2D eigenvalue weighted by Gasteiger charge is 2.44. The SMILES string of the molecule is O=[N+]([O-])c1ccc(OC2O[C@H](CO)[C@@H](O)[C@H](O)[C@H]2O)c(Cl)c1. The first-order chi connectivity index (χ1) is 10.3. The van der Waals surface area contributed by atoms with Gasteiger partial charge in [0.1, 0.15) is 30.2 Å². The average Bonchev–Trinajstić information content (AvgIpc) is 2.49. The summed E-state index contributed by atoms with van der Waals surface area (Å²) in [5.74, 6) is -0.0170. The number of hydrogen-bond acceptors (Lipinski definition) is 8. The van der Waals surface area contributed by atoms with Crippen molar-refractivity contribution in [2.75, 3.05) is 6.61 Å². The number of rotatable bonds is 4. The number of nitro benzene ring substituents is 1. The molecule has 122 valence electrons. The minimum Gasteiger partial charge on any atom is -0.460 e. The molecule has 22 heavy (non-hydrogen) atoms. The Morgan fingerprint density at radius 3 is 2.50 bits per heavy atom. The molecule has 1 aliphatic heterocycles. The van der Waals surface area contributed by atoms with Crippen molar-refractivity contribution in [1.82, 2.24) is 0 Å². The van der Waals surface area contributed by atoms with Gasteiger partial charge in [0.05, 0.1) is 16.6 Å². The molecule has 0 saturated carbocycles. The second kappa shape index (κ2) is 6.73. The Kier molecular flexibility index (Phi) is 5.16. The van der Waals surface area contributed by atoms with Gasteiger partial charge < -0.3 is 29.9 Å². The molecule has 1 fully saturated rings. The number of nitrogens with zero attached hydrogens (tertiary/aromatic N) is 1. The maximum Gasteiger partial charge on any atom is 0.271 e. The fourth-order valence-electron chi connectivity index (χ4n) is 1.99. The zero-order valence-corrected chi connectivity index (χ0v) is 11.8. The molecular weight excluding hydrogens is 322 g/mol. The van der Waals surface area contributed by atoms with Crippen LogP contribution in [0.1, 0.15) is 0 Å². The number of aliphatic hydroxyl groups excluding tert-OH is 4. The Labute approximate surface area is 129 Å². The lowest BCUT2D eigenvalue weighted by molar-refractivity contribution is -0.384. The van der Waals surface area contributed by atoms with Gasteiger partial charge in [-0.25, -0.2) is 0 Å². The smallest absolute Gasteiger partial charge is 0.271 e. The molecule has 0 aliphatic carbocycles. The molecule has 1 aliphatic rings. The highest BCUT2D eigenvalue weighted by Crippen LogP contribution is 2.31. The van der Waals surface area contributed by atoms with Crippen LogP contribution in [-0.4, -0.2) is 62.7 Å². The number of nitro groups is 1. The summed E-state index contributed by atoms with van der Waals surface area (Å²) in [6.07, 6.45) is -7.22. The fourth-order valence-corrected chi connectivity index (χ4v) is 2.21. The van der Waals surface area contributed by atoms with Gasteiger partial charge in [0.25, 0.3) is 5.69 Å². The van der Waals surface area contributed by atoms with E-state index in [1.807, 2.05) is 0 Å². The second-order valence-corrected chi connectivity index (χ2v) is 5.09. The molecule has 0 amide bonds. The Hall–Kier alpha value is -1.49. The van der Waals surface area contributed by atoms with Crippen molar-refractivity contribution in [3.05, 3.63) is 33.3 Å². The van der Waals surface area contributed by atoms with Crippen molar-refractivity contribution in [3.63, 3.8) is 0 Å². The van der Waals surface area contributed by atoms with E-state index < -0.39 is 42.2 Å². The van der Waals surface area contributed by atoms with Crippen molar-refractivity contribution in [3.8, 4) is 5.75 Å². The quantitative estimate of drug-likeness (QED) is 0.423. The minimum atomic E-state index is -1.59. The molecular formula is C12H14ClNO8. The lowest BCUT2D eigenvalue weighted by atomic mass is 9.99. The summed E-state index contributed by atoms with van der Waals surface area (Å²) in [5, 5.41) is 48.7. The Bertz CT molecular complexity index is 554. The van der Waals surface area contributed by atoms with Gasteiger partial charge in [0.15, 0.2) is 0 Å². The van der Waals surface area contributed by atoms with Crippen LogP contribution in [0.5, 0.6) is 5.75 Å². The van der Waals surface area contributed by atoms with E-state index in [-0.39, 0.29) is 16.5 Å². The summed E-state index contributed by atoms with van der Waals surface area (Å²) in [7, 11) is 0. The van der Waals surface area contributed by atoms with Crippen LogP contribution in [0.4, 0.5) is 5.69 Å². The maximum absolute atomic E-state index is 10.6. The standard InChI is InChI=1S/C12H14ClNO8/c13-6-3-5(14(19)20)1-2-7(6)21-12-11(18)10(17)9(16)8(4-15)22-12/h1-3,8-12,15-18H,4H2/t8-,9-,10+,11-,12?/m1/s1. The normalized spacial score (nSPS) is 31.8. The summed E-state index contributed by atoms with van der Waals surface area (Å²) in [6.45, 7) is -0.598. The Morgan fingerprint density at radius 2 is 1.95 bits per heavy atom. The van der Waals surface area contributed by atoms with Crippen molar-refractivity contribution in [2.45, 2.75) is 30.7 Å². The van der Waals surface area contributed by atoms with Gasteiger partial charge in [-0.1, -0.05) is 11.6 Å². The lowest BCUT2D eigenvalue weighted by Crippen LogP contribution is -2.60. The third kappa shape index (κ3) is 3.29. The highest BCUT2D eigenvalue weighted by molar-refractivity contribution is 6.32. The topological polar surface area (TPSA) is 143 Å². The van der Waals surface area contributed by atoms with Crippen molar-refractivity contribution >= 4 is 17.3 Å². The molecule has 0 spiro atoms. The second-order valence-electron chi connectivity index (χ2n) is 4.69. The summed E-state index contributed by atoms with van der Waals surface area (Å²) in [5.41, 5.74) is -0.244. The largest absolute Gasteiger partial charge is 0.460 e. The van der Waals surface area contributed by atoms with Crippen molar-refractivity contribution < 1.29 is 34.8 Å². The molecule has 1 aromatic rings. The molecule has 1 saturated heterocycles. The molecule has 9 nitrogen and oxygen atoms in total. The molecule has 10 heteroatoms. The number of halogens is 1. The van der Waals surface area contributed by atoms with Crippen LogP contribution in [0, 0.1) is 10.1 Å². The van der Waals surface area contributed by atoms with Crippen LogP contribution in [0.15, 0.2) is 18.2 Å². The van der Waals surface area contributed by atoms with E-state index in [0.29, 0.717) is 0 Å². The van der Waals surface area contributed by atoms with E-state index in [0.717, 1.165) is 12.1 Å². The van der Waals surface area contributed by atoms with E-state index in [9.17, 15) is 25.4 Å². The third-order valence-electron chi connectivity index (χ3n) is 3.22. The van der Waals surface area contributed by atoms with Crippen LogP contribution in [0.3, 0.4) is 0 Å². The van der Waals surface area contributed by atoms with Crippen molar-refractivity contribution in [2.24, 2.45) is 0 Å². The van der Waals surface area contributed by atoms with Gasteiger partial charge in [0, 0.05) is 12.1 Å². The van der Waals surface area contributed by atoms with Gasteiger partial charge in [-0.2, -0.15) is 0 Å². The minimum absolute atomic E-state index is 0.0170. The third-order valence-corrected chi connectivity index (χ3v) is 3.51. The molecule has 0 aromatic heterocycles. The van der Waals surface area contributed by atoms with E-state index in [1.54, 1.807) is 0 Å². The summed E-state index contributed by atoms with van der Waals surface area (Å²) >= 11 is 5.85. The highest BCUT2D eigenvalue weighted by atomic mass is 35.5. The molecule has 0 radical (unpaired) electrons. The molecule has 1 unspecified atom stereocenters. The summed E-state index contributed by atoms with van der Waals surface area (Å²) in [6, 6.07) is 3.41. The first-order valence-electron chi connectivity index (χ1n) is 6.26. The average molecular weight is 336 g/mol. The van der Waals surface area contributed by atoms with Crippen LogP contribution >= 0.6 is 11.6 Å².